The molecule has 1 saturated heterocycles. The summed E-state index contributed by atoms with van der Waals surface area (Å²) < 4.78 is 5.17. The molecule has 0 atom stereocenters. The highest BCUT2D eigenvalue weighted by Gasteiger charge is 2.30. The van der Waals surface area contributed by atoms with Crippen LogP contribution in [0.25, 0.3) is 0 Å². The lowest BCUT2D eigenvalue weighted by atomic mass is 10.2. The van der Waals surface area contributed by atoms with Gasteiger partial charge in [0, 0.05) is 37.8 Å². The second-order valence-electron chi connectivity index (χ2n) is 6.06. The molecule has 23 heavy (non-hydrogen) atoms. The number of carbonyl (C=O) groups excluding carboxylic acids is 2. The van der Waals surface area contributed by atoms with E-state index in [1.165, 1.54) is 0 Å². The predicted octanol–water partition coefficient (Wildman–Crippen LogP) is 0.870. The Bertz CT molecular complexity index is 561. The molecule has 124 valence electrons. The van der Waals surface area contributed by atoms with Crippen molar-refractivity contribution in [3.05, 3.63) is 24.3 Å². The van der Waals surface area contributed by atoms with Crippen molar-refractivity contribution in [2.24, 2.45) is 5.92 Å². The van der Waals surface area contributed by atoms with E-state index in [0.29, 0.717) is 13.1 Å². The maximum absolute atomic E-state index is 12.1. The minimum absolute atomic E-state index is 0.00776. The van der Waals surface area contributed by atoms with Crippen LogP contribution in [0.4, 0.5) is 5.69 Å². The first kappa shape index (κ1) is 15.6. The lowest BCUT2D eigenvalue weighted by molar-refractivity contribution is -0.133. The highest BCUT2D eigenvalue weighted by Crippen LogP contribution is 2.28. The van der Waals surface area contributed by atoms with Crippen molar-refractivity contribution in [1.82, 2.24) is 10.2 Å². The third kappa shape index (κ3) is 3.94. The van der Waals surface area contributed by atoms with E-state index < -0.39 is 0 Å². The fourth-order valence-corrected chi connectivity index (χ4v) is 2.77. The Morgan fingerprint density at radius 1 is 1.13 bits per heavy atom. The Labute approximate surface area is 136 Å². The summed E-state index contributed by atoms with van der Waals surface area (Å²) in [5.74, 6) is 1.02. The topological polar surface area (TPSA) is 61.9 Å². The van der Waals surface area contributed by atoms with Gasteiger partial charge in [0.1, 0.15) is 5.75 Å². The maximum atomic E-state index is 12.1. The summed E-state index contributed by atoms with van der Waals surface area (Å²) in [5.41, 5.74) is 1.14. The van der Waals surface area contributed by atoms with E-state index in [-0.39, 0.29) is 24.3 Å². The second kappa shape index (κ2) is 6.89. The van der Waals surface area contributed by atoms with Gasteiger partial charge in [-0.15, -0.1) is 0 Å². The van der Waals surface area contributed by atoms with Crippen LogP contribution < -0.4 is 15.0 Å². The molecule has 1 heterocycles. The molecule has 0 unspecified atom stereocenters. The third-order valence-electron chi connectivity index (χ3n) is 4.43. The van der Waals surface area contributed by atoms with Crippen LogP contribution in [0.15, 0.2) is 24.3 Å². The number of hydrogen-bond acceptors (Lipinski definition) is 4. The zero-order chi connectivity index (χ0) is 16.2. The molecule has 6 heteroatoms. The Morgan fingerprint density at radius 2 is 1.78 bits per heavy atom. The Morgan fingerprint density at radius 3 is 2.35 bits per heavy atom. The van der Waals surface area contributed by atoms with E-state index in [9.17, 15) is 9.59 Å². The molecule has 0 radical (unpaired) electrons. The number of nitrogens with one attached hydrogen (secondary N) is 1. The molecule has 1 aromatic carbocycles. The van der Waals surface area contributed by atoms with Crippen LogP contribution in [-0.4, -0.2) is 56.5 Å². The van der Waals surface area contributed by atoms with Crippen molar-refractivity contribution in [1.29, 1.82) is 0 Å². The van der Waals surface area contributed by atoms with Crippen molar-refractivity contribution in [3.8, 4) is 5.75 Å². The van der Waals surface area contributed by atoms with Gasteiger partial charge in [-0.2, -0.15) is 0 Å². The van der Waals surface area contributed by atoms with Crippen molar-refractivity contribution in [2.75, 3.05) is 44.7 Å². The van der Waals surface area contributed by atoms with Crippen LogP contribution in [0.1, 0.15) is 12.8 Å². The number of rotatable bonds is 5. The minimum atomic E-state index is 0.00776. The highest BCUT2D eigenvalue weighted by atomic mass is 16.5. The first-order chi connectivity index (χ1) is 11.2. The number of ether oxygens (including phenoxy) is 1. The van der Waals surface area contributed by atoms with E-state index in [1.54, 1.807) is 7.11 Å². The average Bonchev–Trinajstić information content (AvgIpc) is 3.45. The molecule has 0 spiro atoms. The first-order valence-corrected chi connectivity index (χ1v) is 8.12. The van der Waals surface area contributed by atoms with Gasteiger partial charge in [0.2, 0.25) is 11.8 Å². The van der Waals surface area contributed by atoms with Gasteiger partial charge in [-0.1, -0.05) is 0 Å². The van der Waals surface area contributed by atoms with Gasteiger partial charge in [0.05, 0.1) is 13.7 Å². The molecule has 0 aromatic heterocycles. The zero-order valence-corrected chi connectivity index (χ0v) is 13.5. The summed E-state index contributed by atoms with van der Waals surface area (Å²) >= 11 is 0. The van der Waals surface area contributed by atoms with E-state index in [1.807, 2.05) is 29.2 Å². The molecule has 1 N–H and O–H groups in total. The lowest BCUT2D eigenvalue weighted by Crippen LogP contribution is -2.51. The average molecular weight is 317 g/mol. The normalized spacial score (nSPS) is 17.8. The maximum Gasteiger partial charge on any atom is 0.242 e. The summed E-state index contributed by atoms with van der Waals surface area (Å²) in [7, 11) is 1.65. The quantitative estimate of drug-likeness (QED) is 0.875. The molecule has 2 aliphatic rings. The van der Waals surface area contributed by atoms with Gasteiger partial charge in [0.15, 0.2) is 0 Å². The zero-order valence-electron chi connectivity index (χ0n) is 13.5. The van der Waals surface area contributed by atoms with E-state index in [0.717, 1.165) is 37.4 Å². The van der Waals surface area contributed by atoms with Crippen molar-refractivity contribution in [3.63, 3.8) is 0 Å². The van der Waals surface area contributed by atoms with Crippen LogP contribution in [0.2, 0.25) is 0 Å². The molecule has 1 saturated carbocycles. The molecular weight excluding hydrogens is 294 g/mol. The Hall–Kier alpha value is -2.24. The van der Waals surface area contributed by atoms with Crippen molar-refractivity contribution in [2.45, 2.75) is 12.8 Å². The monoisotopic (exact) mass is 317 g/mol. The summed E-state index contributed by atoms with van der Waals surface area (Å²) in [4.78, 5) is 27.8. The van der Waals surface area contributed by atoms with Crippen LogP contribution in [-0.2, 0) is 9.59 Å². The second-order valence-corrected chi connectivity index (χ2v) is 6.06. The number of amides is 2. The van der Waals surface area contributed by atoms with Crippen LogP contribution >= 0.6 is 0 Å². The number of benzene rings is 1. The predicted molar refractivity (Wildman–Crippen MR) is 87.5 cm³/mol. The number of anilines is 1. The molecule has 2 fully saturated rings. The number of carbonyl (C=O) groups is 2. The smallest absolute Gasteiger partial charge is 0.242 e. The molecule has 6 nitrogen and oxygen atoms in total. The fourth-order valence-electron chi connectivity index (χ4n) is 2.77. The number of methoxy groups -OCH3 is 1. The molecular formula is C17H23N3O3. The van der Waals surface area contributed by atoms with Gasteiger partial charge < -0.3 is 19.9 Å². The number of nitrogens with zero attached hydrogens (tertiary/aromatic N) is 2. The SMILES string of the molecule is COc1ccc(N2CCN(C(=O)CNC(=O)C3CC3)CC2)cc1. The van der Waals surface area contributed by atoms with Gasteiger partial charge in [-0.3, -0.25) is 9.59 Å². The summed E-state index contributed by atoms with van der Waals surface area (Å²) in [6.07, 6.45) is 1.92. The third-order valence-corrected chi connectivity index (χ3v) is 4.43. The van der Waals surface area contributed by atoms with Crippen molar-refractivity contribution < 1.29 is 14.3 Å². The standard InChI is InChI=1S/C17H23N3O3/c1-23-15-6-4-14(5-7-15)19-8-10-20(11-9-19)16(21)12-18-17(22)13-2-3-13/h4-7,13H,2-3,8-12H2,1H3,(H,18,22). The molecule has 2 amide bonds. The first-order valence-electron chi connectivity index (χ1n) is 8.12. The highest BCUT2D eigenvalue weighted by molar-refractivity contribution is 5.87. The summed E-state index contributed by atoms with van der Waals surface area (Å²) in [5, 5.41) is 2.74. The van der Waals surface area contributed by atoms with Crippen LogP contribution in [0.3, 0.4) is 0 Å². The Kier molecular flexibility index (Phi) is 4.69. The van der Waals surface area contributed by atoms with Gasteiger partial charge in [-0.25, -0.2) is 0 Å². The van der Waals surface area contributed by atoms with Crippen LogP contribution in [0.5, 0.6) is 5.75 Å². The molecule has 1 aliphatic heterocycles. The van der Waals surface area contributed by atoms with Gasteiger partial charge in [-0.05, 0) is 37.1 Å². The molecule has 1 aliphatic carbocycles. The van der Waals surface area contributed by atoms with E-state index in [4.69, 9.17) is 4.74 Å². The van der Waals surface area contributed by atoms with E-state index in [2.05, 4.69) is 10.2 Å². The molecule has 3 rings (SSSR count). The van der Waals surface area contributed by atoms with Gasteiger partial charge >= 0.3 is 0 Å². The lowest BCUT2D eigenvalue weighted by Gasteiger charge is -2.36. The van der Waals surface area contributed by atoms with E-state index >= 15 is 0 Å². The Balaban J connectivity index is 1.45. The molecule has 1 aromatic rings. The van der Waals surface area contributed by atoms with Crippen LogP contribution in [0, 0.1) is 5.92 Å². The minimum Gasteiger partial charge on any atom is -0.497 e. The fraction of sp³-hybridized carbons (Fsp3) is 0.529. The summed E-state index contributed by atoms with van der Waals surface area (Å²) in [6, 6.07) is 7.96. The number of hydrogen-bond donors (Lipinski definition) is 1. The largest absolute Gasteiger partial charge is 0.497 e. The van der Waals surface area contributed by atoms with Gasteiger partial charge in [0.25, 0.3) is 0 Å². The summed E-state index contributed by atoms with van der Waals surface area (Å²) in [6.45, 7) is 3.09. The molecule has 0 bridgehead atoms. The van der Waals surface area contributed by atoms with Crippen molar-refractivity contribution >= 4 is 17.5 Å². The number of piperazine rings is 1.